The van der Waals surface area contributed by atoms with Crippen LogP contribution in [0, 0.1) is 0 Å². The van der Waals surface area contributed by atoms with Crippen LogP contribution in [-0.4, -0.2) is 35.4 Å². The van der Waals surface area contributed by atoms with Gasteiger partial charge in [-0.1, -0.05) is 24.3 Å². The van der Waals surface area contributed by atoms with Gasteiger partial charge in [-0.05, 0) is 49.9 Å². The smallest absolute Gasteiger partial charge is 0.335 e. The number of ether oxygens (including phenoxy) is 3. The summed E-state index contributed by atoms with van der Waals surface area (Å²) >= 11 is 0. The van der Waals surface area contributed by atoms with E-state index in [2.05, 4.69) is 0 Å². The van der Waals surface area contributed by atoms with Crippen LogP contribution in [0.5, 0.6) is 0 Å². The van der Waals surface area contributed by atoms with Crippen LogP contribution in [0.25, 0.3) is 0 Å². The fraction of sp³-hybridized carbons (Fsp3) is 0.417. The zero-order valence-corrected chi connectivity index (χ0v) is 17.2. The van der Waals surface area contributed by atoms with Gasteiger partial charge in [0.1, 0.15) is 0 Å². The van der Waals surface area contributed by atoms with Crippen molar-refractivity contribution < 1.29 is 34.0 Å². The zero-order valence-electron chi connectivity index (χ0n) is 17.2. The molecule has 0 aromatic heterocycles. The molecule has 4 rings (SSSR count). The van der Waals surface area contributed by atoms with Gasteiger partial charge in [0, 0.05) is 24.0 Å². The molecule has 7 heteroatoms. The van der Waals surface area contributed by atoms with Crippen LogP contribution in [0.1, 0.15) is 70.4 Å². The van der Waals surface area contributed by atoms with E-state index in [4.69, 9.17) is 14.2 Å². The van der Waals surface area contributed by atoms with Crippen molar-refractivity contribution in [3.8, 4) is 0 Å². The maximum Gasteiger partial charge on any atom is 0.335 e. The molecule has 2 atom stereocenters. The van der Waals surface area contributed by atoms with E-state index in [1.807, 2.05) is 0 Å². The van der Waals surface area contributed by atoms with E-state index in [0.29, 0.717) is 26.1 Å². The Bertz CT molecular complexity index is 844. The summed E-state index contributed by atoms with van der Waals surface area (Å²) < 4.78 is 19.2. The highest BCUT2D eigenvalue weighted by Gasteiger charge is 2.47. The lowest BCUT2D eigenvalue weighted by molar-refractivity contribution is -0.392. The first kappa shape index (κ1) is 21.5. The van der Waals surface area contributed by atoms with Gasteiger partial charge in [0.05, 0.1) is 24.3 Å². The van der Waals surface area contributed by atoms with E-state index in [9.17, 15) is 19.8 Å². The monoisotopic (exact) mass is 426 g/mol. The summed E-state index contributed by atoms with van der Waals surface area (Å²) in [6.45, 7) is 1.05. The Kier molecular flexibility index (Phi) is 6.09. The van der Waals surface area contributed by atoms with Crippen LogP contribution in [-0.2, 0) is 25.8 Å². The first-order valence-corrected chi connectivity index (χ1v) is 10.6. The van der Waals surface area contributed by atoms with E-state index in [0.717, 1.165) is 36.8 Å². The van der Waals surface area contributed by atoms with Gasteiger partial charge in [0.2, 0.25) is 0 Å². The first-order chi connectivity index (χ1) is 14.9. The molecule has 0 saturated carbocycles. The zero-order chi connectivity index (χ0) is 21.9. The molecule has 2 aromatic rings. The number of aromatic carboxylic acids is 2. The lowest BCUT2D eigenvalue weighted by atomic mass is 9.92. The molecule has 7 nitrogen and oxygen atoms in total. The third-order valence-corrected chi connectivity index (χ3v) is 5.94. The maximum absolute atomic E-state index is 11.3. The quantitative estimate of drug-likeness (QED) is 0.701. The van der Waals surface area contributed by atoms with Gasteiger partial charge in [-0.15, -0.1) is 0 Å². The second-order valence-corrected chi connectivity index (χ2v) is 7.98. The molecule has 2 heterocycles. The predicted octanol–water partition coefficient (Wildman–Crippen LogP) is 4.51. The summed E-state index contributed by atoms with van der Waals surface area (Å²) in [5, 5.41) is 18.5. The molecule has 2 aliphatic heterocycles. The molecular weight excluding hydrogens is 400 g/mol. The van der Waals surface area contributed by atoms with Crippen LogP contribution < -0.4 is 0 Å². The largest absolute Gasteiger partial charge is 0.478 e. The second-order valence-electron chi connectivity index (χ2n) is 7.98. The Labute approximate surface area is 180 Å². The maximum atomic E-state index is 11.3. The summed E-state index contributed by atoms with van der Waals surface area (Å²) in [4.78, 5) is 22.5. The topological polar surface area (TPSA) is 102 Å². The SMILES string of the molecule is O=C(O)c1ccc(C2(OC3(c4ccc(C(=O)O)cc4)CCCCO3)CCCCO2)cc1. The van der Waals surface area contributed by atoms with Crippen LogP contribution in [0.3, 0.4) is 0 Å². The van der Waals surface area contributed by atoms with Crippen LogP contribution in [0.4, 0.5) is 0 Å². The molecule has 2 unspecified atom stereocenters. The van der Waals surface area contributed by atoms with Crippen molar-refractivity contribution >= 4 is 11.9 Å². The van der Waals surface area contributed by atoms with Gasteiger partial charge in [-0.2, -0.15) is 0 Å². The van der Waals surface area contributed by atoms with E-state index in [-0.39, 0.29) is 11.1 Å². The molecule has 164 valence electrons. The molecule has 2 aliphatic rings. The molecule has 2 fully saturated rings. The Morgan fingerprint density at radius 2 is 1.06 bits per heavy atom. The third kappa shape index (κ3) is 4.35. The summed E-state index contributed by atoms with van der Waals surface area (Å²) in [6.07, 6.45) is 4.85. The molecule has 2 N–H and O–H groups in total. The first-order valence-electron chi connectivity index (χ1n) is 10.6. The van der Waals surface area contributed by atoms with Gasteiger partial charge in [-0.3, -0.25) is 0 Å². The number of hydrogen-bond donors (Lipinski definition) is 2. The van der Waals surface area contributed by atoms with Gasteiger partial charge in [0.25, 0.3) is 0 Å². The molecular formula is C24H26O7. The van der Waals surface area contributed by atoms with Gasteiger partial charge >= 0.3 is 11.9 Å². The lowest BCUT2D eigenvalue weighted by Gasteiger charge is -2.47. The summed E-state index contributed by atoms with van der Waals surface area (Å²) in [7, 11) is 0. The Hall–Kier alpha value is -2.74. The molecule has 0 radical (unpaired) electrons. The normalized spacial score (nSPS) is 26.3. The van der Waals surface area contributed by atoms with Crippen LogP contribution >= 0.6 is 0 Å². The minimum Gasteiger partial charge on any atom is -0.478 e. The molecule has 31 heavy (non-hydrogen) atoms. The summed E-state index contributed by atoms with van der Waals surface area (Å²) in [5.41, 5.74) is 1.88. The third-order valence-electron chi connectivity index (χ3n) is 5.94. The molecule has 2 aromatic carbocycles. The predicted molar refractivity (Wildman–Crippen MR) is 111 cm³/mol. The van der Waals surface area contributed by atoms with Crippen LogP contribution in [0.15, 0.2) is 48.5 Å². The number of carboxylic acids is 2. The highest BCUT2D eigenvalue weighted by atomic mass is 16.8. The van der Waals surface area contributed by atoms with Crippen molar-refractivity contribution in [1.82, 2.24) is 0 Å². The van der Waals surface area contributed by atoms with Crippen molar-refractivity contribution in [2.75, 3.05) is 13.2 Å². The summed E-state index contributed by atoms with van der Waals surface area (Å²) in [6, 6.07) is 13.1. The van der Waals surface area contributed by atoms with E-state index in [1.54, 1.807) is 48.5 Å². The second kappa shape index (κ2) is 8.78. The van der Waals surface area contributed by atoms with Crippen molar-refractivity contribution in [2.24, 2.45) is 0 Å². The highest BCUT2D eigenvalue weighted by Crippen LogP contribution is 2.47. The molecule has 0 bridgehead atoms. The number of rotatable bonds is 6. The van der Waals surface area contributed by atoms with Crippen molar-refractivity contribution in [3.63, 3.8) is 0 Å². The van der Waals surface area contributed by atoms with E-state index >= 15 is 0 Å². The number of benzene rings is 2. The Balaban J connectivity index is 1.73. The molecule has 0 spiro atoms. The van der Waals surface area contributed by atoms with Crippen molar-refractivity contribution in [2.45, 2.75) is 50.1 Å². The minimum atomic E-state index is -1.07. The lowest BCUT2D eigenvalue weighted by Crippen LogP contribution is -2.47. The van der Waals surface area contributed by atoms with Gasteiger partial charge in [-0.25, -0.2) is 9.59 Å². The number of hydrogen-bond acceptors (Lipinski definition) is 5. The summed E-state index contributed by atoms with van der Waals surface area (Å²) in [5.74, 6) is -4.12. The highest BCUT2D eigenvalue weighted by molar-refractivity contribution is 5.88. The van der Waals surface area contributed by atoms with E-state index in [1.165, 1.54) is 0 Å². The van der Waals surface area contributed by atoms with Crippen LogP contribution in [0.2, 0.25) is 0 Å². The molecule has 0 aliphatic carbocycles. The van der Waals surface area contributed by atoms with Gasteiger partial charge in [0.15, 0.2) is 11.6 Å². The standard InChI is InChI=1S/C24H26O7/c25-21(26)17-5-9-19(10-6-17)23(13-1-3-15-29-23)31-24(14-2-4-16-30-24)20-11-7-18(8-12-20)22(27)28/h5-12H,1-4,13-16H2,(H,25,26)(H,27,28). The van der Waals surface area contributed by atoms with E-state index < -0.39 is 23.5 Å². The van der Waals surface area contributed by atoms with Crippen molar-refractivity contribution in [1.29, 1.82) is 0 Å². The average molecular weight is 426 g/mol. The molecule has 0 amide bonds. The average Bonchev–Trinajstić information content (AvgIpc) is 2.80. The number of carbonyl (C=O) groups is 2. The van der Waals surface area contributed by atoms with Crippen molar-refractivity contribution in [3.05, 3.63) is 70.8 Å². The Morgan fingerprint density at radius 1 is 0.677 bits per heavy atom. The molecule has 2 saturated heterocycles. The Morgan fingerprint density at radius 3 is 1.35 bits per heavy atom. The van der Waals surface area contributed by atoms with Gasteiger partial charge < -0.3 is 24.4 Å². The fourth-order valence-electron chi connectivity index (χ4n) is 4.27. The minimum absolute atomic E-state index is 0.197. The number of carboxylic acid groups (broad SMARTS) is 2. The fourth-order valence-corrected chi connectivity index (χ4v) is 4.27.